The van der Waals surface area contributed by atoms with E-state index in [1.165, 1.54) is 26.1 Å². The van der Waals surface area contributed by atoms with Gasteiger partial charge in [0.05, 0.1) is 25.1 Å². The lowest BCUT2D eigenvalue weighted by Crippen LogP contribution is -2.40. The zero-order valence-electron chi connectivity index (χ0n) is 23.0. The number of hydrogen-bond donors (Lipinski definition) is 4. The van der Waals surface area contributed by atoms with Gasteiger partial charge in [-0.15, -0.1) is 0 Å². The third kappa shape index (κ3) is 6.93. The molecule has 230 valence electrons. The molecule has 0 unspecified atom stereocenters. The van der Waals surface area contributed by atoms with Crippen molar-refractivity contribution in [1.82, 2.24) is 24.6 Å². The van der Waals surface area contributed by atoms with Gasteiger partial charge in [0, 0.05) is 7.05 Å². The predicted molar refractivity (Wildman–Crippen MR) is 143 cm³/mol. The number of fused-ring (bicyclic) bond motifs is 1. The van der Waals surface area contributed by atoms with Crippen LogP contribution >= 0.6 is 7.75 Å². The van der Waals surface area contributed by atoms with Gasteiger partial charge in [-0.1, -0.05) is 18.2 Å². The van der Waals surface area contributed by atoms with E-state index in [0.717, 1.165) is 10.9 Å². The van der Waals surface area contributed by atoms with E-state index in [1.54, 1.807) is 32.0 Å². The number of carbonyl (C=O) groups is 1. The second kappa shape index (κ2) is 12.4. The number of nitrogens with zero attached hydrogens (tertiary/aromatic N) is 4. The Kier molecular flexibility index (Phi) is 9.27. The Morgan fingerprint density at radius 1 is 1.24 bits per heavy atom. The summed E-state index contributed by atoms with van der Waals surface area (Å²) in [6, 6.07) is 6.57. The number of aliphatic hydroxyl groups excluding tert-OH is 1. The summed E-state index contributed by atoms with van der Waals surface area (Å²) in [4.78, 5) is 24.4. The molecule has 1 aliphatic heterocycles. The van der Waals surface area contributed by atoms with Crippen molar-refractivity contribution in [3.63, 3.8) is 0 Å². The summed E-state index contributed by atoms with van der Waals surface area (Å²) < 4.78 is 79.2. The number of ether oxygens (including phenoxy) is 2. The monoisotopic (exact) mass is 617 g/mol. The minimum Gasteiger partial charge on any atom is -0.462 e. The molecule has 3 aromatic rings. The van der Waals surface area contributed by atoms with E-state index in [9.17, 15) is 27.6 Å². The maximum Gasteiger partial charge on any atom is 0.459 e. The Balaban J connectivity index is 1.61. The Labute approximate surface area is 238 Å². The average molecular weight is 618 g/mol. The molecule has 0 aliphatic carbocycles. The number of imidazole rings is 1. The van der Waals surface area contributed by atoms with Crippen LogP contribution in [0.5, 0.6) is 5.75 Å². The summed E-state index contributed by atoms with van der Waals surface area (Å²) in [5, 5.41) is 16.0. The van der Waals surface area contributed by atoms with Crippen molar-refractivity contribution < 1.29 is 46.2 Å². The molecule has 0 spiro atoms. The van der Waals surface area contributed by atoms with Crippen LogP contribution in [0.3, 0.4) is 0 Å². The molecule has 0 bridgehead atoms. The largest absolute Gasteiger partial charge is 0.462 e. The lowest BCUT2D eigenvalue weighted by Gasteiger charge is -2.25. The first-order valence-corrected chi connectivity index (χ1v) is 14.3. The first-order valence-electron chi connectivity index (χ1n) is 12.8. The number of para-hydroxylation sites is 1. The Morgan fingerprint density at radius 2 is 1.93 bits per heavy atom. The standard InChI is InChI=1S/C24H31F3N7O7P/c1-12(2)39-22(36)13(3)33-42(37,41-14-8-6-5-7-9-14)38-10-15-18(35)16(24(25,26)27)21(40-15)34-11-30-17-19(29-4)31-23(28)32-20(17)34/h5-9,11-13,15-16,18,21,35H,10H2,1-4H3,(H,33,37)(H3,28,29,31,32)/t13-,15+,16-,18+,21+,42+/m0/s1. The van der Waals surface area contributed by atoms with Gasteiger partial charge < -0.3 is 30.2 Å². The second-order valence-electron chi connectivity index (χ2n) is 9.66. The molecular weight excluding hydrogens is 586 g/mol. The van der Waals surface area contributed by atoms with E-state index in [-0.39, 0.29) is 28.7 Å². The molecule has 1 saturated heterocycles. The van der Waals surface area contributed by atoms with E-state index in [0.29, 0.717) is 0 Å². The SMILES string of the molecule is CNc1nc(N)nc2c1ncn2[C@@H]1O[C@H](CO[P@](=O)(N[C@@H](C)C(=O)OC(C)C)Oc2ccccc2)[C@@H](O)[C@@H]1C(F)(F)F. The van der Waals surface area contributed by atoms with E-state index in [2.05, 4.69) is 25.4 Å². The smallest absolute Gasteiger partial charge is 0.459 e. The fourth-order valence-electron chi connectivity index (χ4n) is 4.28. The zero-order chi connectivity index (χ0) is 30.8. The maximum absolute atomic E-state index is 14.3. The van der Waals surface area contributed by atoms with E-state index in [4.69, 9.17) is 24.3 Å². The number of aliphatic hydroxyl groups is 1. The minimum absolute atomic E-state index is 0.0721. The van der Waals surface area contributed by atoms with Crippen LogP contribution < -0.4 is 20.7 Å². The van der Waals surface area contributed by atoms with Crippen LogP contribution in [0.4, 0.5) is 24.9 Å². The van der Waals surface area contributed by atoms with E-state index < -0.39 is 63.0 Å². The number of anilines is 2. The fraction of sp³-hybridized carbons (Fsp3) is 0.500. The number of esters is 1. The molecule has 42 heavy (non-hydrogen) atoms. The molecule has 14 nitrogen and oxygen atoms in total. The number of rotatable bonds is 11. The number of halogens is 3. The van der Waals surface area contributed by atoms with Crippen LogP contribution in [0.15, 0.2) is 36.7 Å². The van der Waals surface area contributed by atoms with Gasteiger partial charge in [-0.3, -0.25) is 13.9 Å². The van der Waals surface area contributed by atoms with Gasteiger partial charge in [0.1, 0.15) is 23.8 Å². The molecule has 4 rings (SSSR count). The number of nitrogens with two attached hydrogens (primary N) is 1. The second-order valence-corrected chi connectivity index (χ2v) is 11.4. The van der Waals surface area contributed by atoms with E-state index in [1.807, 2.05) is 0 Å². The van der Waals surface area contributed by atoms with Crippen LogP contribution in [-0.4, -0.2) is 74.8 Å². The lowest BCUT2D eigenvalue weighted by molar-refractivity contribution is -0.210. The summed E-state index contributed by atoms with van der Waals surface area (Å²) >= 11 is 0. The van der Waals surface area contributed by atoms with Crippen LogP contribution in [0, 0.1) is 5.92 Å². The molecule has 1 fully saturated rings. The lowest BCUT2D eigenvalue weighted by atomic mass is 9.99. The van der Waals surface area contributed by atoms with Gasteiger partial charge in [0.25, 0.3) is 0 Å². The van der Waals surface area contributed by atoms with Crippen LogP contribution in [0.1, 0.15) is 27.0 Å². The number of nitrogens with one attached hydrogen (secondary N) is 2. The van der Waals surface area contributed by atoms with Crippen molar-refractivity contribution >= 4 is 36.6 Å². The first kappa shape index (κ1) is 31.4. The highest BCUT2D eigenvalue weighted by molar-refractivity contribution is 7.52. The number of hydrogen-bond acceptors (Lipinski definition) is 12. The average Bonchev–Trinajstić information content (AvgIpc) is 3.47. The number of aromatic nitrogens is 4. The third-order valence-corrected chi connectivity index (χ3v) is 7.78. The molecule has 18 heteroatoms. The summed E-state index contributed by atoms with van der Waals surface area (Å²) in [6.45, 7) is 3.77. The molecule has 1 aliphatic rings. The van der Waals surface area contributed by atoms with Gasteiger partial charge in [0.2, 0.25) is 5.95 Å². The normalized spacial score (nSPS) is 23.1. The molecule has 6 atom stereocenters. The van der Waals surface area contributed by atoms with Gasteiger partial charge in [0.15, 0.2) is 23.2 Å². The van der Waals surface area contributed by atoms with Crippen LogP contribution in [0.2, 0.25) is 0 Å². The van der Waals surface area contributed by atoms with Gasteiger partial charge >= 0.3 is 19.9 Å². The number of carbonyl (C=O) groups excluding carboxylic acids is 1. The third-order valence-electron chi connectivity index (χ3n) is 6.13. The highest BCUT2D eigenvalue weighted by Gasteiger charge is 2.58. The number of benzene rings is 1. The molecule has 5 N–H and O–H groups in total. The topological polar surface area (TPSA) is 185 Å². The summed E-state index contributed by atoms with van der Waals surface area (Å²) in [5.41, 5.74) is 5.78. The van der Waals surface area contributed by atoms with Crippen molar-refractivity contribution in [1.29, 1.82) is 0 Å². The van der Waals surface area contributed by atoms with Crippen molar-refractivity contribution in [3.8, 4) is 5.75 Å². The first-order chi connectivity index (χ1) is 19.7. The molecule has 3 heterocycles. The van der Waals surface area contributed by atoms with Crippen LogP contribution in [0.25, 0.3) is 11.2 Å². The number of nitrogen functional groups attached to an aromatic ring is 1. The molecule has 2 aromatic heterocycles. The summed E-state index contributed by atoms with van der Waals surface area (Å²) in [5.74, 6) is -3.20. The molecule has 0 amide bonds. The quantitative estimate of drug-likeness (QED) is 0.182. The van der Waals surface area contributed by atoms with Gasteiger partial charge in [-0.2, -0.15) is 28.2 Å². The Hall–Kier alpha value is -3.50. The van der Waals surface area contributed by atoms with Gasteiger partial charge in [-0.05, 0) is 32.9 Å². The van der Waals surface area contributed by atoms with Gasteiger partial charge in [-0.25, -0.2) is 9.55 Å². The van der Waals surface area contributed by atoms with Crippen molar-refractivity contribution in [3.05, 3.63) is 36.7 Å². The molecular formula is C24H31F3N7O7P. The minimum atomic E-state index is -4.95. The van der Waals surface area contributed by atoms with Crippen molar-refractivity contribution in [2.45, 2.75) is 57.5 Å². The zero-order valence-corrected chi connectivity index (χ0v) is 23.9. The highest BCUT2D eigenvalue weighted by Crippen LogP contribution is 2.49. The number of alkyl halides is 3. The maximum atomic E-state index is 14.3. The van der Waals surface area contributed by atoms with Crippen LogP contribution in [-0.2, 0) is 23.4 Å². The molecule has 0 radical (unpaired) electrons. The molecule has 1 aromatic carbocycles. The summed E-state index contributed by atoms with van der Waals surface area (Å²) in [7, 11) is -2.94. The predicted octanol–water partition coefficient (Wildman–Crippen LogP) is 3.02. The molecule has 0 saturated carbocycles. The van der Waals surface area contributed by atoms with E-state index >= 15 is 0 Å². The van der Waals surface area contributed by atoms with Crippen molar-refractivity contribution in [2.24, 2.45) is 5.92 Å². The Bertz CT molecular complexity index is 1440. The highest BCUT2D eigenvalue weighted by atomic mass is 31.2. The fourth-order valence-corrected chi connectivity index (χ4v) is 5.78. The van der Waals surface area contributed by atoms with Crippen molar-refractivity contribution in [2.75, 3.05) is 24.7 Å². The Morgan fingerprint density at radius 3 is 2.55 bits per heavy atom. The summed E-state index contributed by atoms with van der Waals surface area (Å²) in [6.07, 6.45) is -10.0.